The monoisotopic (exact) mass is 404 g/mol. The smallest absolute Gasteiger partial charge is 0.416 e. The minimum Gasteiger partial charge on any atom is -0.489 e. The molecule has 0 aliphatic heterocycles. The molecule has 1 aromatic carbocycles. The summed E-state index contributed by atoms with van der Waals surface area (Å²) in [4.78, 5) is 15.7. The molecule has 28 heavy (non-hydrogen) atoms. The summed E-state index contributed by atoms with van der Waals surface area (Å²) < 4.78 is 48.9. The molecular formula is C18H27F3N4O3. The largest absolute Gasteiger partial charge is 0.489 e. The molecule has 0 spiro atoms. The number of guanidine groups is 1. The number of carbonyl (C=O) groups excluding carboxylic acids is 1. The van der Waals surface area contributed by atoms with E-state index in [1.807, 2.05) is 6.92 Å². The molecule has 1 unspecified atom stereocenters. The molecule has 1 amide bonds. The highest BCUT2D eigenvalue weighted by Crippen LogP contribution is 2.31. The van der Waals surface area contributed by atoms with Gasteiger partial charge in [0.2, 0.25) is 5.91 Å². The number of hydrogen-bond acceptors (Lipinski definition) is 4. The van der Waals surface area contributed by atoms with Crippen LogP contribution in [0.5, 0.6) is 5.75 Å². The van der Waals surface area contributed by atoms with Gasteiger partial charge in [-0.2, -0.15) is 13.2 Å². The van der Waals surface area contributed by atoms with Gasteiger partial charge in [0.15, 0.2) is 5.96 Å². The Kier molecular flexibility index (Phi) is 10.1. The zero-order valence-electron chi connectivity index (χ0n) is 16.2. The lowest BCUT2D eigenvalue weighted by atomic mass is 10.2. The van der Waals surface area contributed by atoms with Crippen LogP contribution in [0.1, 0.15) is 18.9 Å². The maximum Gasteiger partial charge on any atom is 0.416 e. The summed E-state index contributed by atoms with van der Waals surface area (Å²) in [5.41, 5.74) is -0.759. The zero-order valence-corrected chi connectivity index (χ0v) is 16.2. The van der Waals surface area contributed by atoms with Crippen LogP contribution in [0.25, 0.3) is 0 Å². The molecule has 0 fully saturated rings. The summed E-state index contributed by atoms with van der Waals surface area (Å²) in [6.07, 6.45) is -4.23. The van der Waals surface area contributed by atoms with Crippen molar-refractivity contribution in [2.24, 2.45) is 4.99 Å². The standard InChI is InChI=1S/C18H27F3N4O3/c1-4-14(28-15-7-5-6-13(10-15)18(19,20)21)11-24-17(22-2)25-12-16(26)23-8-9-27-3/h5-7,10,14H,4,8-9,11-12H2,1-3H3,(H,23,26)(H2,22,24,25). The Hall–Kier alpha value is -2.49. The maximum atomic E-state index is 12.8. The van der Waals surface area contributed by atoms with Crippen molar-refractivity contribution >= 4 is 11.9 Å². The number of nitrogens with one attached hydrogen (secondary N) is 3. The first-order valence-electron chi connectivity index (χ1n) is 8.84. The van der Waals surface area contributed by atoms with Gasteiger partial charge >= 0.3 is 6.18 Å². The molecule has 0 aliphatic rings. The third-order valence-electron chi connectivity index (χ3n) is 3.68. The lowest BCUT2D eigenvalue weighted by Crippen LogP contribution is -2.46. The van der Waals surface area contributed by atoms with E-state index in [9.17, 15) is 18.0 Å². The lowest BCUT2D eigenvalue weighted by Gasteiger charge is -2.20. The number of carbonyl (C=O) groups is 1. The van der Waals surface area contributed by atoms with Crippen LogP contribution < -0.4 is 20.7 Å². The molecule has 0 aliphatic carbocycles. The van der Waals surface area contributed by atoms with Gasteiger partial charge in [0.1, 0.15) is 11.9 Å². The molecule has 1 rings (SSSR count). The molecule has 1 atom stereocenters. The minimum atomic E-state index is -4.42. The molecule has 0 radical (unpaired) electrons. The number of ether oxygens (including phenoxy) is 2. The van der Waals surface area contributed by atoms with Crippen LogP contribution in [0.15, 0.2) is 29.3 Å². The van der Waals surface area contributed by atoms with E-state index >= 15 is 0 Å². The van der Waals surface area contributed by atoms with Crippen molar-refractivity contribution in [3.63, 3.8) is 0 Å². The molecule has 0 heterocycles. The number of nitrogens with zero attached hydrogens (tertiary/aromatic N) is 1. The topological polar surface area (TPSA) is 84.0 Å². The molecule has 158 valence electrons. The van der Waals surface area contributed by atoms with Crippen LogP contribution in [0.2, 0.25) is 0 Å². The van der Waals surface area contributed by atoms with Crippen molar-refractivity contribution in [1.29, 1.82) is 0 Å². The van der Waals surface area contributed by atoms with Gasteiger partial charge < -0.3 is 25.4 Å². The summed E-state index contributed by atoms with van der Waals surface area (Å²) in [5, 5.41) is 8.51. The summed E-state index contributed by atoms with van der Waals surface area (Å²) in [5.74, 6) is 0.309. The van der Waals surface area contributed by atoms with Gasteiger partial charge in [-0.1, -0.05) is 13.0 Å². The summed E-state index contributed by atoms with van der Waals surface area (Å²) in [7, 11) is 3.09. The number of methoxy groups -OCH3 is 1. The normalized spacial score (nSPS) is 13.0. The van der Waals surface area contributed by atoms with Crippen molar-refractivity contribution in [3.05, 3.63) is 29.8 Å². The van der Waals surface area contributed by atoms with Crippen molar-refractivity contribution < 1.29 is 27.4 Å². The van der Waals surface area contributed by atoms with E-state index in [0.29, 0.717) is 32.1 Å². The van der Waals surface area contributed by atoms with Crippen molar-refractivity contribution in [2.45, 2.75) is 25.6 Å². The predicted molar refractivity (Wildman–Crippen MR) is 100 cm³/mol. The SMILES string of the molecule is CCC(CNC(=NC)NCC(=O)NCCOC)Oc1cccc(C(F)(F)F)c1. The van der Waals surface area contributed by atoms with Gasteiger partial charge in [0.05, 0.1) is 25.3 Å². The van der Waals surface area contributed by atoms with Crippen molar-refractivity contribution in [1.82, 2.24) is 16.0 Å². The summed E-state index contributed by atoms with van der Waals surface area (Å²) >= 11 is 0. The number of halogens is 3. The second-order valence-electron chi connectivity index (χ2n) is 5.82. The molecule has 0 saturated carbocycles. The quantitative estimate of drug-likeness (QED) is 0.315. The Morgan fingerprint density at radius 2 is 2.00 bits per heavy atom. The average Bonchev–Trinajstić information content (AvgIpc) is 2.66. The van der Waals surface area contributed by atoms with E-state index in [2.05, 4.69) is 20.9 Å². The highest BCUT2D eigenvalue weighted by atomic mass is 19.4. The first-order valence-corrected chi connectivity index (χ1v) is 8.84. The van der Waals surface area contributed by atoms with Crippen molar-refractivity contribution in [2.75, 3.05) is 40.4 Å². The molecule has 3 N–H and O–H groups in total. The Balaban J connectivity index is 2.50. The van der Waals surface area contributed by atoms with E-state index in [1.54, 1.807) is 14.2 Å². The molecule has 1 aromatic rings. The second-order valence-corrected chi connectivity index (χ2v) is 5.82. The molecule has 0 aromatic heterocycles. The average molecular weight is 404 g/mol. The molecule has 10 heteroatoms. The van der Waals surface area contributed by atoms with Crippen LogP contribution >= 0.6 is 0 Å². The van der Waals surface area contributed by atoms with E-state index in [-0.39, 0.29) is 24.3 Å². The first-order chi connectivity index (χ1) is 13.3. The lowest BCUT2D eigenvalue weighted by molar-refractivity contribution is -0.137. The maximum absolute atomic E-state index is 12.8. The Morgan fingerprint density at radius 1 is 1.25 bits per heavy atom. The number of hydrogen-bond donors (Lipinski definition) is 3. The van der Waals surface area contributed by atoms with E-state index < -0.39 is 11.7 Å². The highest BCUT2D eigenvalue weighted by Gasteiger charge is 2.30. The van der Waals surface area contributed by atoms with Gasteiger partial charge in [-0.25, -0.2) is 0 Å². The van der Waals surface area contributed by atoms with Crippen LogP contribution in [0.4, 0.5) is 13.2 Å². The van der Waals surface area contributed by atoms with Crippen LogP contribution in [0, 0.1) is 0 Å². The van der Waals surface area contributed by atoms with Crippen LogP contribution in [-0.2, 0) is 15.7 Å². The molecule has 0 saturated heterocycles. The number of benzene rings is 1. The van der Waals surface area contributed by atoms with Gasteiger partial charge in [0, 0.05) is 20.7 Å². The summed E-state index contributed by atoms with van der Waals surface area (Å²) in [6, 6.07) is 4.76. The molecule has 0 bridgehead atoms. The molecular weight excluding hydrogens is 377 g/mol. The second kappa shape index (κ2) is 12.1. The predicted octanol–water partition coefficient (Wildman–Crippen LogP) is 1.79. The fraction of sp³-hybridized carbons (Fsp3) is 0.556. The molecule has 7 nitrogen and oxygen atoms in total. The first kappa shape index (κ1) is 23.5. The number of aliphatic imine (C=N–C) groups is 1. The fourth-order valence-corrected chi connectivity index (χ4v) is 2.16. The number of rotatable bonds is 10. The number of alkyl halides is 3. The van der Waals surface area contributed by atoms with Crippen LogP contribution in [0.3, 0.4) is 0 Å². The van der Waals surface area contributed by atoms with Crippen molar-refractivity contribution in [3.8, 4) is 5.75 Å². The van der Waals surface area contributed by atoms with E-state index in [1.165, 1.54) is 12.1 Å². The fourth-order valence-electron chi connectivity index (χ4n) is 2.16. The Labute approximate surface area is 162 Å². The third-order valence-corrected chi connectivity index (χ3v) is 3.68. The Morgan fingerprint density at radius 3 is 2.61 bits per heavy atom. The van der Waals surface area contributed by atoms with Gasteiger partial charge in [-0.15, -0.1) is 0 Å². The van der Waals surface area contributed by atoms with E-state index in [0.717, 1.165) is 12.1 Å². The van der Waals surface area contributed by atoms with E-state index in [4.69, 9.17) is 9.47 Å². The Bertz CT molecular complexity index is 639. The number of amides is 1. The van der Waals surface area contributed by atoms with Gasteiger partial charge in [-0.3, -0.25) is 9.79 Å². The third kappa shape index (κ3) is 8.94. The zero-order chi connectivity index (χ0) is 21.0. The van der Waals surface area contributed by atoms with Crippen LogP contribution in [-0.4, -0.2) is 58.4 Å². The summed E-state index contributed by atoms with van der Waals surface area (Å²) in [6.45, 7) is 3.02. The highest BCUT2D eigenvalue weighted by molar-refractivity contribution is 5.86. The van der Waals surface area contributed by atoms with Gasteiger partial charge in [0.25, 0.3) is 0 Å². The minimum absolute atomic E-state index is 0.0225. The van der Waals surface area contributed by atoms with Gasteiger partial charge in [-0.05, 0) is 24.6 Å².